The second kappa shape index (κ2) is 4.41. The molecule has 0 saturated carbocycles. The SMILES string of the molecule is Cc1cccc(OC(C=O)C(=O)O)c1. The lowest BCUT2D eigenvalue weighted by molar-refractivity contribution is -0.147. The van der Waals surface area contributed by atoms with Crippen molar-refractivity contribution in [3.8, 4) is 5.75 Å². The topological polar surface area (TPSA) is 63.6 Å². The van der Waals surface area contributed by atoms with Crippen molar-refractivity contribution in [3.63, 3.8) is 0 Å². The molecule has 0 bridgehead atoms. The van der Waals surface area contributed by atoms with Crippen LogP contribution < -0.4 is 4.74 Å². The van der Waals surface area contributed by atoms with Crippen LogP contribution in [0.15, 0.2) is 24.3 Å². The molecule has 0 saturated heterocycles. The highest BCUT2D eigenvalue weighted by Gasteiger charge is 2.17. The Kier molecular flexibility index (Phi) is 3.23. The van der Waals surface area contributed by atoms with E-state index in [0.717, 1.165) is 5.56 Å². The van der Waals surface area contributed by atoms with Crippen molar-refractivity contribution in [3.05, 3.63) is 29.8 Å². The van der Waals surface area contributed by atoms with Crippen LogP contribution >= 0.6 is 0 Å². The molecule has 4 heteroatoms. The van der Waals surface area contributed by atoms with E-state index in [1.807, 2.05) is 13.0 Å². The van der Waals surface area contributed by atoms with Crippen LogP contribution in [0.1, 0.15) is 5.56 Å². The number of hydrogen-bond donors (Lipinski definition) is 1. The van der Waals surface area contributed by atoms with Crippen molar-refractivity contribution in [1.29, 1.82) is 0 Å². The van der Waals surface area contributed by atoms with E-state index >= 15 is 0 Å². The van der Waals surface area contributed by atoms with Gasteiger partial charge in [0.2, 0.25) is 6.10 Å². The molecule has 0 aromatic heterocycles. The molecule has 0 heterocycles. The van der Waals surface area contributed by atoms with Crippen LogP contribution in [0.2, 0.25) is 0 Å². The maximum atomic E-state index is 10.5. The van der Waals surface area contributed by atoms with Crippen molar-refractivity contribution in [1.82, 2.24) is 0 Å². The molecule has 0 aliphatic heterocycles. The maximum absolute atomic E-state index is 10.5. The standard InChI is InChI=1S/C10H10O4/c1-7-3-2-4-8(5-7)14-9(6-11)10(12)13/h2-6,9H,1H3,(H,12,13). The molecule has 0 fully saturated rings. The zero-order chi connectivity index (χ0) is 10.6. The Morgan fingerprint density at radius 3 is 2.79 bits per heavy atom. The molecule has 1 aromatic rings. The molecule has 74 valence electrons. The molecule has 14 heavy (non-hydrogen) atoms. The summed E-state index contributed by atoms with van der Waals surface area (Å²) in [7, 11) is 0. The Morgan fingerprint density at radius 2 is 2.29 bits per heavy atom. The highest BCUT2D eigenvalue weighted by Crippen LogP contribution is 2.13. The van der Waals surface area contributed by atoms with Gasteiger partial charge >= 0.3 is 5.97 Å². The van der Waals surface area contributed by atoms with Crippen LogP contribution in [0.3, 0.4) is 0 Å². The predicted octanol–water partition coefficient (Wildman–Crippen LogP) is 1.03. The molecule has 0 aliphatic rings. The number of carboxylic acid groups (broad SMARTS) is 1. The number of ether oxygens (including phenoxy) is 1. The van der Waals surface area contributed by atoms with Gasteiger partial charge in [-0.25, -0.2) is 4.79 Å². The monoisotopic (exact) mass is 194 g/mol. The molecule has 0 aliphatic carbocycles. The zero-order valence-electron chi connectivity index (χ0n) is 7.64. The number of carbonyl (C=O) groups excluding carboxylic acids is 1. The van der Waals surface area contributed by atoms with Crippen LogP contribution in [-0.4, -0.2) is 23.5 Å². The maximum Gasteiger partial charge on any atom is 0.352 e. The van der Waals surface area contributed by atoms with Crippen molar-refractivity contribution < 1.29 is 19.4 Å². The fourth-order valence-corrected chi connectivity index (χ4v) is 0.972. The lowest BCUT2D eigenvalue weighted by Gasteiger charge is -2.09. The molecule has 1 N–H and O–H groups in total. The second-order valence-electron chi connectivity index (χ2n) is 2.83. The number of aryl methyl sites for hydroxylation is 1. The van der Waals surface area contributed by atoms with Gasteiger partial charge in [-0.3, -0.25) is 4.79 Å². The molecule has 1 rings (SSSR count). The summed E-state index contributed by atoms with van der Waals surface area (Å²) in [4.78, 5) is 20.8. The van der Waals surface area contributed by atoms with E-state index in [1.165, 1.54) is 0 Å². The highest BCUT2D eigenvalue weighted by atomic mass is 16.5. The first-order valence-corrected chi connectivity index (χ1v) is 4.05. The third-order valence-electron chi connectivity index (χ3n) is 1.62. The Balaban J connectivity index is 2.76. The van der Waals surface area contributed by atoms with Crippen LogP contribution in [0.4, 0.5) is 0 Å². The van der Waals surface area contributed by atoms with Gasteiger partial charge in [0.15, 0.2) is 6.29 Å². The minimum absolute atomic E-state index is 0.255. The lowest BCUT2D eigenvalue weighted by Crippen LogP contribution is -2.28. The van der Waals surface area contributed by atoms with Gasteiger partial charge in [0.1, 0.15) is 5.75 Å². The molecular weight excluding hydrogens is 184 g/mol. The normalized spacial score (nSPS) is 11.8. The van der Waals surface area contributed by atoms with Crippen LogP contribution in [0, 0.1) is 6.92 Å². The number of hydrogen-bond acceptors (Lipinski definition) is 3. The molecular formula is C10H10O4. The summed E-state index contributed by atoms with van der Waals surface area (Å²) in [5.41, 5.74) is 0.942. The molecule has 4 nitrogen and oxygen atoms in total. The Hall–Kier alpha value is -1.84. The van der Waals surface area contributed by atoms with Crippen molar-refractivity contribution >= 4 is 12.3 Å². The van der Waals surface area contributed by atoms with E-state index in [-0.39, 0.29) is 6.29 Å². The first-order chi connectivity index (χ1) is 6.63. The van der Waals surface area contributed by atoms with E-state index in [9.17, 15) is 9.59 Å². The van der Waals surface area contributed by atoms with Crippen molar-refractivity contribution in [2.75, 3.05) is 0 Å². The Morgan fingerprint density at radius 1 is 1.57 bits per heavy atom. The van der Waals surface area contributed by atoms with Gasteiger partial charge in [-0.05, 0) is 24.6 Å². The summed E-state index contributed by atoms with van der Waals surface area (Å²) < 4.78 is 4.94. The predicted molar refractivity (Wildman–Crippen MR) is 49.3 cm³/mol. The lowest BCUT2D eigenvalue weighted by atomic mass is 10.2. The largest absolute Gasteiger partial charge is 0.478 e. The quantitative estimate of drug-likeness (QED) is 0.574. The van der Waals surface area contributed by atoms with E-state index < -0.39 is 12.1 Å². The number of carboxylic acids is 1. The highest BCUT2D eigenvalue weighted by molar-refractivity contribution is 5.89. The fourth-order valence-electron chi connectivity index (χ4n) is 0.972. The molecule has 0 amide bonds. The minimum atomic E-state index is -1.43. The molecule has 1 aromatic carbocycles. The average molecular weight is 194 g/mol. The summed E-state index contributed by atoms with van der Waals surface area (Å²) in [5.74, 6) is -0.911. The summed E-state index contributed by atoms with van der Waals surface area (Å²) in [5, 5.41) is 8.55. The minimum Gasteiger partial charge on any atom is -0.478 e. The molecule has 1 unspecified atom stereocenters. The van der Waals surface area contributed by atoms with E-state index in [4.69, 9.17) is 9.84 Å². The zero-order valence-corrected chi connectivity index (χ0v) is 7.64. The van der Waals surface area contributed by atoms with Gasteiger partial charge in [0.05, 0.1) is 0 Å². The van der Waals surface area contributed by atoms with Crippen molar-refractivity contribution in [2.24, 2.45) is 0 Å². The number of aliphatic carboxylic acids is 1. The Labute approximate surface area is 81.1 Å². The van der Waals surface area contributed by atoms with Crippen LogP contribution in [0.5, 0.6) is 5.75 Å². The first-order valence-electron chi connectivity index (χ1n) is 4.05. The number of aldehydes is 1. The number of benzene rings is 1. The van der Waals surface area contributed by atoms with Crippen molar-refractivity contribution in [2.45, 2.75) is 13.0 Å². The molecule has 0 spiro atoms. The fraction of sp³-hybridized carbons (Fsp3) is 0.200. The Bertz CT molecular complexity index is 346. The van der Waals surface area contributed by atoms with E-state index in [0.29, 0.717) is 5.75 Å². The number of rotatable bonds is 4. The third kappa shape index (κ3) is 2.58. The summed E-state index contributed by atoms with van der Waals surface area (Å²) in [6.07, 6.45) is -1.18. The average Bonchev–Trinajstić information content (AvgIpc) is 2.14. The van der Waals surface area contributed by atoms with Crippen LogP contribution in [-0.2, 0) is 9.59 Å². The van der Waals surface area contributed by atoms with Gasteiger partial charge in [0, 0.05) is 0 Å². The van der Waals surface area contributed by atoms with Gasteiger partial charge < -0.3 is 9.84 Å². The van der Waals surface area contributed by atoms with Gasteiger partial charge in [-0.1, -0.05) is 12.1 Å². The summed E-state index contributed by atoms with van der Waals surface area (Å²) in [6.45, 7) is 1.85. The first kappa shape index (κ1) is 10.2. The second-order valence-corrected chi connectivity index (χ2v) is 2.83. The van der Waals surface area contributed by atoms with Gasteiger partial charge in [0.25, 0.3) is 0 Å². The molecule has 1 atom stereocenters. The van der Waals surface area contributed by atoms with E-state index in [1.54, 1.807) is 18.2 Å². The number of carbonyl (C=O) groups is 2. The van der Waals surface area contributed by atoms with E-state index in [2.05, 4.69) is 0 Å². The summed E-state index contributed by atoms with van der Waals surface area (Å²) >= 11 is 0. The van der Waals surface area contributed by atoms with Gasteiger partial charge in [-0.2, -0.15) is 0 Å². The van der Waals surface area contributed by atoms with Gasteiger partial charge in [-0.15, -0.1) is 0 Å². The smallest absolute Gasteiger partial charge is 0.352 e. The van der Waals surface area contributed by atoms with Crippen LogP contribution in [0.25, 0.3) is 0 Å². The molecule has 0 radical (unpaired) electrons. The summed E-state index contributed by atoms with van der Waals surface area (Å²) in [6, 6.07) is 6.85. The third-order valence-corrected chi connectivity index (χ3v) is 1.62.